The van der Waals surface area contributed by atoms with E-state index in [1.807, 2.05) is 0 Å². The summed E-state index contributed by atoms with van der Waals surface area (Å²) in [5, 5.41) is 0. The van der Waals surface area contributed by atoms with Gasteiger partial charge in [-0.2, -0.15) is 0 Å². The molecule has 2 N–H and O–H groups in total. The molecule has 0 aromatic heterocycles. The number of hydrogen-bond donors (Lipinski definition) is 1. The number of hydrogen-bond acceptors (Lipinski definition) is 4. The van der Waals surface area contributed by atoms with Crippen molar-refractivity contribution in [1.82, 2.24) is 9.80 Å². The second kappa shape index (κ2) is 6.44. The van der Waals surface area contributed by atoms with E-state index in [9.17, 15) is 0 Å². The van der Waals surface area contributed by atoms with E-state index < -0.39 is 0 Å². The van der Waals surface area contributed by atoms with E-state index in [-0.39, 0.29) is 5.54 Å². The van der Waals surface area contributed by atoms with Crippen molar-refractivity contribution in [2.75, 3.05) is 39.4 Å². The number of rotatable bonds is 4. The van der Waals surface area contributed by atoms with Crippen LogP contribution in [0.3, 0.4) is 0 Å². The fourth-order valence-electron chi connectivity index (χ4n) is 3.87. The molecule has 2 atom stereocenters. The number of likely N-dealkylation sites (tertiary alicyclic amines) is 1. The lowest BCUT2D eigenvalue weighted by Gasteiger charge is -2.46. The van der Waals surface area contributed by atoms with Gasteiger partial charge in [-0.25, -0.2) is 0 Å². The standard InChI is InChI=1S/C17H27N3O/c1-15-12-21-10-9-20(15)17(13-18)7-8-19(14-17)11-16-5-3-2-4-6-16/h2-6,15H,7-14,18H2,1H3. The van der Waals surface area contributed by atoms with Gasteiger partial charge >= 0.3 is 0 Å². The van der Waals surface area contributed by atoms with Gasteiger partial charge in [0.25, 0.3) is 0 Å². The minimum Gasteiger partial charge on any atom is -0.379 e. The molecule has 0 spiro atoms. The summed E-state index contributed by atoms with van der Waals surface area (Å²) in [7, 11) is 0. The second-order valence-electron chi connectivity index (χ2n) is 6.49. The highest BCUT2D eigenvalue weighted by molar-refractivity contribution is 5.15. The highest BCUT2D eigenvalue weighted by atomic mass is 16.5. The SMILES string of the molecule is CC1COCCN1C1(CN)CCN(Cc2ccccc2)C1. The number of nitrogens with two attached hydrogens (primary N) is 1. The van der Waals surface area contributed by atoms with Gasteiger partial charge in [0.1, 0.15) is 0 Å². The number of nitrogens with zero attached hydrogens (tertiary/aromatic N) is 2. The van der Waals surface area contributed by atoms with Crippen molar-refractivity contribution in [1.29, 1.82) is 0 Å². The first-order chi connectivity index (χ1) is 10.2. The van der Waals surface area contributed by atoms with E-state index in [0.717, 1.165) is 45.9 Å². The molecule has 4 nitrogen and oxygen atoms in total. The van der Waals surface area contributed by atoms with E-state index >= 15 is 0 Å². The molecule has 0 aliphatic carbocycles. The first kappa shape index (κ1) is 15.0. The molecule has 21 heavy (non-hydrogen) atoms. The van der Waals surface area contributed by atoms with Crippen LogP contribution >= 0.6 is 0 Å². The Hall–Kier alpha value is -0.940. The van der Waals surface area contributed by atoms with Gasteiger partial charge in [0.2, 0.25) is 0 Å². The number of ether oxygens (including phenoxy) is 1. The zero-order valence-corrected chi connectivity index (χ0v) is 13.0. The van der Waals surface area contributed by atoms with Crippen LogP contribution in [0, 0.1) is 0 Å². The van der Waals surface area contributed by atoms with E-state index in [1.54, 1.807) is 0 Å². The molecule has 0 amide bonds. The Morgan fingerprint density at radius 1 is 1.29 bits per heavy atom. The van der Waals surface area contributed by atoms with Crippen LogP contribution in [0.2, 0.25) is 0 Å². The van der Waals surface area contributed by atoms with E-state index in [0.29, 0.717) is 6.04 Å². The summed E-state index contributed by atoms with van der Waals surface area (Å²) in [6.07, 6.45) is 1.17. The van der Waals surface area contributed by atoms with Crippen molar-refractivity contribution in [3.05, 3.63) is 35.9 Å². The predicted molar refractivity (Wildman–Crippen MR) is 85.1 cm³/mol. The topological polar surface area (TPSA) is 41.7 Å². The zero-order chi connectivity index (χ0) is 14.7. The van der Waals surface area contributed by atoms with Crippen LogP contribution in [-0.2, 0) is 11.3 Å². The van der Waals surface area contributed by atoms with Crippen LogP contribution in [-0.4, -0.2) is 60.8 Å². The molecule has 1 aromatic carbocycles. The second-order valence-corrected chi connectivity index (χ2v) is 6.49. The van der Waals surface area contributed by atoms with Gasteiger partial charge in [0, 0.05) is 44.3 Å². The monoisotopic (exact) mass is 289 g/mol. The Kier molecular flexibility index (Phi) is 4.60. The molecule has 3 rings (SSSR count). The largest absolute Gasteiger partial charge is 0.379 e. The molecular formula is C17H27N3O. The summed E-state index contributed by atoms with van der Waals surface area (Å²) in [6, 6.07) is 11.2. The maximum atomic E-state index is 6.21. The van der Waals surface area contributed by atoms with Crippen molar-refractivity contribution in [3.63, 3.8) is 0 Å². The fourth-order valence-corrected chi connectivity index (χ4v) is 3.87. The van der Waals surface area contributed by atoms with Crippen LogP contribution in [0.4, 0.5) is 0 Å². The Labute approximate surface area is 127 Å². The van der Waals surface area contributed by atoms with Gasteiger partial charge in [0.15, 0.2) is 0 Å². The Morgan fingerprint density at radius 2 is 2.10 bits per heavy atom. The van der Waals surface area contributed by atoms with Crippen LogP contribution in [0.5, 0.6) is 0 Å². The molecular weight excluding hydrogens is 262 g/mol. The lowest BCUT2D eigenvalue weighted by Crippen LogP contribution is -2.62. The van der Waals surface area contributed by atoms with Gasteiger partial charge < -0.3 is 10.5 Å². The van der Waals surface area contributed by atoms with E-state index in [2.05, 4.69) is 47.1 Å². The molecule has 116 valence electrons. The minimum absolute atomic E-state index is 0.137. The molecule has 0 bridgehead atoms. The fraction of sp³-hybridized carbons (Fsp3) is 0.647. The van der Waals surface area contributed by atoms with Crippen molar-refractivity contribution < 1.29 is 4.74 Å². The summed E-state index contributed by atoms with van der Waals surface area (Å²) < 4.78 is 5.59. The number of morpholine rings is 1. The van der Waals surface area contributed by atoms with Crippen LogP contribution < -0.4 is 5.73 Å². The maximum absolute atomic E-state index is 6.21. The Balaban J connectivity index is 1.68. The first-order valence-electron chi connectivity index (χ1n) is 8.04. The summed E-state index contributed by atoms with van der Waals surface area (Å²) >= 11 is 0. The van der Waals surface area contributed by atoms with Crippen LogP contribution in [0.25, 0.3) is 0 Å². The number of benzene rings is 1. The predicted octanol–water partition coefficient (Wildman–Crippen LogP) is 1.31. The molecule has 2 aliphatic heterocycles. The molecule has 1 aromatic rings. The van der Waals surface area contributed by atoms with Crippen molar-refractivity contribution in [3.8, 4) is 0 Å². The summed E-state index contributed by atoms with van der Waals surface area (Å²) in [4.78, 5) is 5.14. The average molecular weight is 289 g/mol. The molecule has 2 saturated heterocycles. The molecule has 0 saturated carbocycles. The summed E-state index contributed by atoms with van der Waals surface area (Å²) in [5.74, 6) is 0. The van der Waals surface area contributed by atoms with E-state index in [1.165, 1.54) is 12.0 Å². The third-order valence-corrected chi connectivity index (χ3v) is 5.02. The molecule has 0 radical (unpaired) electrons. The smallest absolute Gasteiger partial charge is 0.0620 e. The Morgan fingerprint density at radius 3 is 2.81 bits per heavy atom. The third-order valence-electron chi connectivity index (χ3n) is 5.02. The van der Waals surface area contributed by atoms with Crippen molar-refractivity contribution in [2.24, 2.45) is 5.73 Å². The van der Waals surface area contributed by atoms with Gasteiger partial charge in [-0.3, -0.25) is 9.80 Å². The van der Waals surface area contributed by atoms with Crippen molar-refractivity contribution >= 4 is 0 Å². The molecule has 4 heteroatoms. The molecule has 2 unspecified atom stereocenters. The van der Waals surface area contributed by atoms with Crippen LogP contribution in [0.15, 0.2) is 30.3 Å². The molecule has 2 heterocycles. The van der Waals surface area contributed by atoms with Gasteiger partial charge in [-0.15, -0.1) is 0 Å². The summed E-state index contributed by atoms with van der Waals surface area (Å²) in [6.45, 7) is 8.92. The minimum atomic E-state index is 0.137. The van der Waals surface area contributed by atoms with Crippen molar-refractivity contribution in [2.45, 2.75) is 31.5 Å². The quantitative estimate of drug-likeness (QED) is 0.907. The normalized spacial score (nSPS) is 31.6. The average Bonchev–Trinajstić information content (AvgIpc) is 2.93. The Bertz CT molecular complexity index is 453. The summed E-state index contributed by atoms with van der Waals surface area (Å²) in [5.41, 5.74) is 7.73. The van der Waals surface area contributed by atoms with E-state index in [4.69, 9.17) is 10.5 Å². The molecule has 2 aliphatic rings. The van der Waals surface area contributed by atoms with Gasteiger partial charge in [-0.05, 0) is 18.9 Å². The van der Waals surface area contributed by atoms with Gasteiger partial charge in [-0.1, -0.05) is 30.3 Å². The van der Waals surface area contributed by atoms with Gasteiger partial charge in [0.05, 0.1) is 13.2 Å². The zero-order valence-electron chi connectivity index (χ0n) is 13.0. The first-order valence-corrected chi connectivity index (χ1v) is 8.04. The lowest BCUT2D eigenvalue weighted by molar-refractivity contribution is -0.0533. The maximum Gasteiger partial charge on any atom is 0.0620 e. The third kappa shape index (κ3) is 3.14. The van der Waals surface area contributed by atoms with Crippen LogP contribution in [0.1, 0.15) is 18.9 Å². The lowest BCUT2D eigenvalue weighted by atomic mass is 9.93. The molecule has 2 fully saturated rings. The highest BCUT2D eigenvalue weighted by Gasteiger charge is 2.44. The highest BCUT2D eigenvalue weighted by Crippen LogP contribution is 2.31.